The molecule has 0 aromatic heterocycles. The zero-order valence-electron chi connectivity index (χ0n) is 20.0. The van der Waals surface area contributed by atoms with Crippen LogP contribution in [0.2, 0.25) is 5.02 Å². The highest BCUT2D eigenvalue weighted by Gasteiger charge is 2.41. The summed E-state index contributed by atoms with van der Waals surface area (Å²) in [6.45, 7) is 5.99. The summed E-state index contributed by atoms with van der Waals surface area (Å²) in [4.78, 5) is 32.8. The number of esters is 1. The molecule has 2 aromatic carbocycles. The molecule has 2 heterocycles. The number of halogens is 1. The van der Waals surface area contributed by atoms with Crippen LogP contribution >= 0.6 is 23.4 Å². The van der Waals surface area contributed by atoms with Gasteiger partial charge in [0.25, 0.3) is 0 Å². The number of fused-ring (bicyclic) bond motifs is 1. The third-order valence-electron chi connectivity index (χ3n) is 5.98. The first-order chi connectivity index (χ1) is 16.9. The number of amides is 1. The van der Waals surface area contributed by atoms with E-state index in [2.05, 4.69) is 5.32 Å². The number of benzene rings is 2. The van der Waals surface area contributed by atoms with Gasteiger partial charge in [-0.3, -0.25) is 4.79 Å². The summed E-state index contributed by atoms with van der Waals surface area (Å²) in [6, 6.07) is 16.6. The highest BCUT2D eigenvalue weighted by atomic mass is 35.5. The Morgan fingerprint density at radius 3 is 2.57 bits per heavy atom. The number of hydrogen-bond donors (Lipinski definition) is 1. The summed E-state index contributed by atoms with van der Waals surface area (Å²) >= 11 is 7.61. The van der Waals surface area contributed by atoms with E-state index in [0.29, 0.717) is 16.3 Å². The van der Waals surface area contributed by atoms with E-state index in [1.807, 2.05) is 73.5 Å². The highest BCUT2D eigenvalue weighted by Crippen LogP contribution is 2.45. The van der Waals surface area contributed by atoms with Crippen molar-refractivity contribution in [3.8, 4) is 0 Å². The smallest absolute Gasteiger partial charge is 0.338 e. The number of amidine groups is 1. The summed E-state index contributed by atoms with van der Waals surface area (Å²) in [5, 5.41) is 6.29. The van der Waals surface area contributed by atoms with Crippen LogP contribution in [0.5, 0.6) is 0 Å². The number of aliphatic imine (C=N–C) groups is 1. The number of carbonyl (C=O) groups is 2. The minimum atomic E-state index is -0.485. The van der Waals surface area contributed by atoms with Crippen molar-refractivity contribution in [2.24, 2.45) is 4.99 Å². The molecule has 182 valence electrons. The molecule has 1 N–H and O–H groups in total. The molecule has 2 aliphatic rings. The zero-order chi connectivity index (χ0) is 24.9. The number of rotatable bonds is 8. The van der Waals surface area contributed by atoms with Crippen LogP contribution in [0.3, 0.4) is 0 Å². The molecule has 2 unspecified atom stereocenters. The van der Waals surface area contributed by atoms with E-state index < -0.39 is 12.0 Å². The summed E-state index contributed by atoms with van der Waals surface area (Å²) in [5.74, 6) is -0.504. The SMILES string of the molecule is CCC(C)NC(=O)CC1=CSC2=NC(C)=C(C(=O)OCc3ccccc3)C(c3ccc(Cl)cc3)N12. The van der Waals surface area contributed by atoms with Gasteiger partial charge >= 0.3 is 5.97 Å². The Balaban J connectivity index is 1.65. The quantitative estimate of drug-likeness (QED) is 0.444. The van der Waals surface area contributed by atoms with Gasteiger partial charge in [-0.1, -0.05) is 72.8 Å². The van der Waals surface area contributed by atoms with Crippen LogP contribution in [0.4, 0.5) is 0 Å². The molecule has 6 nitrogen and oxygen atoms in total. The fourth-order valence-electron chi connectivity index (χ4n) is 3.98. The molecule has 0 radical (unpaired) electrons. The van der Waals surface area contributed by atoms with Crippen LogP contribution in [0.25, 0.3) is 0 Å². The van der Waals surface area contributed by atoms with Gasteiger partial charge < -0.3 is 15.0 Å². The molecular weight excluding hydrogens is 482 g/mol. The van der Waals surface area contributed by atoms with Gasteiger partial charge in [0.2, 0.25) is 5.91 Å². The Hall–Kier alpha value is -3.03. The second-order valence-corrected chi connectivity index (χ2v) is 9.83. The summed E-state index contributed by atoms with van der Waals surface area (Å²) in [7, 11) is 0. The first-order valence-corrected chi connectivity index (χ1v) is 12.8. The molecule has 0 bridgehead atoms. The average molecular weight is 510 g/mol. The second-order valence-electron chi connectivity index (χ2n) is 8.56. The Labute approximate surface area is 215 Å². The van der Waals surface area contributed by atoms with Gasteiger partial charge in [-0.05, 0) is 48.9 Å². The minimum Gasteiger partial charge on any atom is -0.457 e. The Morgan fingerprint density at radius 1 is 1.17 bits per heavy atom. The second kappa shape index (κ2) is 11.1. The fourth-order valence-corrected chi connectivity index (χ4v) is 5.07. The maximum absolute atomic E-state index is 13.4. The summed E-state index contributed by atoms with van der Waals surface area (Å²) < 4.78 is 5.72. The van der Waals surface area contributed by atoms with Crippen molar-refractivity contribution in [2.45, 2.75) is 52.3 Å². The first-order valence-electron chi connectivity index (χ1n) is 11.6. The Morgan fingerprint density at radius 2 is 1.89 bits per heavy atom. The minimum absolute atomic E-state index is 0.0678. The number of hydrogen-bond acceptors (Lipinski definition) is 6. The average Bonchev–Trinajstić information content (AvgIpc) is 3.24. The molecule has 0 spiro atoms. The lowest BCUT2D eigenvalue weighted by Crippen LogP contribution is -2.39. The first kappa shape index (κ1) is 25.1. The predicted molar refractivity (Wildman–Crippen MR) is 141 cm³/mol. The van der Waals surface area contributed by atoms with Crippen LogP contribution in [0, 0.1) is 0 Å². The molecule has 8 heteroatoms. The van der Waals surface area contributed by atoms with E-state index in [1.54, 1.807) is 12.1 Å². The van der Waals surface area contributed by atoms with Crippen molar-refractivity contribution in [1.82, 2.24) is 10.2 Å². The van der Waals surface area contributed by atoms with Crippen molar-refractivity contribution in [3.63, 3.8) is 0 Å². The van der Waals surface area contributed by atoms with Crippen molar-refractivity contribution in [1.29, 1.82) is 0 Å². The molecule has 2 aliphatic heterocycles. The topological polar surface area (TPSA) is 71.0 Å². The molecule has 2 atom stereocenters. The molecule has 0 fully saturated rings. The molecule has 0 aliphatic carbocycles. The molecule has 4 rings (SSSR count). The molecule has 0 saturated carbocycles. The van der Waals surface area contributed by atoms with Crippen LogP contribution in [0.15, 0.2) is 82.0 Å². The number of thioether (sulfide) groups is 1. The number of carbonyl (C=O) groups excluding carboxylic acids is 2. The standard InChI is InChI=1S/C27H28ClN3O3S/c1-4-17(2)29-23(32)14-22-16-35-27-30-18(3)24(26(33)34-15-19-8-6-5-7-9-19)25(31(22)27)20-10-12-21(28)13-11-20/h5-13,16-17,25H,4,14-15H2,1-3H3,(H,29,32). The van der Waals surface area contributed by atoms with Crippen LogP contribution in [-0.2, 0) is 20.9 Å². The lowest BCUT2D eigenvalue weighted by atomic mass is 9.94. The molecular formula is C27H28ClN3O3S. The summed E-state index contributed by atoms with van der Waals surface area (Å²) in [6.07, 6.45) is 1.04. The highest BCUT2D eigenvalue weighted by molar-refractivity contribution is 8.16. The monoisotopic (exact) mass is 509 g/mol. The van der Waals surface area contributed by atoms with E-state index in [4.69, 9.17) is 21.3 Å². The maximum atomic E-state index is 13.4. The molecule has 2 aromatic rings. The van der Waals surface area contributed by atoms with Gasteiger partial charge in [0.05, 0.1) is 23.7 Å². The van der Waals surface area contributed by atoms with Gasteiger partial charge in [-0.25, -0.2) is 9.79 Å². The molecule has 0 saturated heterocycles. The van der Waals surface area contributed by atoms with Crippen molar-refractivity contribution < 1.29 is 14.3 Å². The number of ether oxygens (including phenoxy) is 1. The van der Waals surface area contributed by atoms with Gasteiger partial charge in [-0.2, -0.15) is 0 Å². The summed E-state index contributed by atoms with van der Waals surface area (Å²) in [5.41, 5.74) is 3.60. The van der Waals surface area contributed by atoms with Crippen molar-refractivity contribution in [2.75, 3.05) is 0 Å². The largest absolute Gasteiger partial charge is 0.457 e. The third-order valence-corrected chi connectivity index (χ3v) is 7.12. The van der Waals surface area contributed by atoms with Crippen LogP contribution in [-0.4, -0.2) is 28.0 Å². The number of nitrogens with one attached hydrogen (secondary N) is 1. The lowest BCUT2D eigenvalue weighted by molar-refractivity contribution is -0.141. The van der Waals surface area contributed by atoms with Gasteiger partial charge in [-0.15, -0.1) is 0 Å². The van der Waals surface area contributed by atoms with Crippen molar-refractivity contribution >= 4 is 40.4 Å². The van der Waals surface area contributed by atoms with Crippen molar-refractivity contribution in [3.05, 3.63) is 93.1 Å². The van der Waals surface area contributed by atoms with Gasteiger partial charge in [0.15, 0.2) is 5.17 Å². The van der Waals surface area contributed by atoms with E-state index in [9.17, 15) is 9.59 Å². The van der Waals surface area contributed by atoms with E-state index in [1.165, 1.54) is 11.8 Å². The Kier molecular flexibility index (Phi) is 7.98. The maximum Gasteiger partial charge on any atom is 0.338 e. The predicted octanol–water partition coefficient (Wildman–Crippen LogP) is 5.96. The third kappa shape index (κ3) is 5.80. The lowest BCUT2D eigenvalue weighted by Gasteiger charge is -2.36. The van der Waals surface area contributed by atoms with Gasteiger partial charge in [0, 0.05) is 16.8 Å². The van der Waals surface area contributed by atoms with E-state index >= 15 is 0 Å². The fraction of sp³-hybridized carbons (Fsp3) is 0.296. The number of allylic oxidation sites excluding steroid dienone is 1. The zero-order valence-corrected chi connectivity index (χ0v) is 21.5. The molecule has 1 amide bonds. The van der Waals surface area contributed by atoms with E-state index in [0.717, 1.165) is 28.4 Å². The van der Waals surface area contributed by atoms with Crippen LogP contribution < -0.4 is 5.32 Å². The molecule has 35 heavy (non-hydrogen) atoms. The van der Waals surface area contributed by atoms with Gasteiger partial charge in [0.1, 0.15) is 6.61 Å². The Bertz CT molecular complexity index is 1190. The normalized spacial score (nSPS) is 17.9. The number of nitrogens with zero attached hydrogens (tertiary/aromatic N) is 2. The van der Waals surface area contributed by atoms with Crippen LogP contribution in [0.1, 0.15) is 50.8 Å². The van der Waals surface area contributed by atoms with E-state index in [-0.39, 0.29) is 25.0 Å².